The molecule has 0 bridgehead atoms. The average Bonchev–Trinajstić information content (AvgIpc) is 3.47. The van der Waals surface area contributed by atoms with Crippen LogP contribution in [0, 0.1) is 17.8 Å². The zero-order valence-electron chi connectivity index (χ0n) is 21.4. The lowest BCUT2D eigenvalue weighted by molar-refractivity contribution is -0.125. The number of alkyl halides is 1. The van der Waals surface area contributed by atoms with Crippen molar-refractivity contribution in [1.29, 1.82) is 0 Å². The number of fused-ring (bicyclic) bond motifs is 1. The molecule has 8 nitrogen and oxygen atoms in total. The van der Waals surface area contributed by atoms with Gasteiger partial charge in [0.15, 0.2) is 0 Å². The van der Waals surface area contributed by atoms with Crippen LogP contribution in [0.2, 0.25) is 0 Å². The minimum Gasteiger partial charge on any atom is -0.377 e. The van der Waals surface area contributed by atoms with E-state index in [1.165, 1.54) is 0 Å². The molecule has 2 aliphatic carbocycles. The predicted molar refractivity (Wildman–Crippen MR) is 134 cm³/mol. The van der Waals surface area contributed by atoms with Gasteiger partial charge in [-0.1, -0.05) is 13.3 Å². The van der Waals surface area contributed by atoms with Crippen LogP contribution in [-0.2, 0) is 9.53 Å². The maximum atomic E-state index is 13.7. The van der Waals surface area contributed by atoms with E-state index in [-0.39, 0.29) is 18.2 Å². The predicted octanol–water partition coefficient (Wildman–Crippen LogP) is 1.63. The normalized spacial score (nSPS) is 42.7. The number of hydrogen-bond donors (Lipinski definition) is 5. The number of hydrazine groups is 1. The standard InChI is InChI=1S/C26H47FN6O2/c1-2-10-33-25(31-32-26(33)22-8-9-28-16-30-22)14-29-20-5-3-4-17(11-20)23(34)12-18-15-35-24-13-19(27)6-7-21(18)24/h17-22,24-26,28-32H,2-16H2,1H3/t17?,18-,19?,20?,21?,22?,24?,25?,26?/m0/s1. The van der Waals surface area contributed by atoms with Gasteiger partial charge in [-0.2, -0.15) is 0 Å². The van der Waals surface area contributed by atoms with Crippen LogP contribution < -0.4 is 26.8 Å². The topological polar surface area (TPSA) is 89.7 Å². The van der Waals surface area contributed by atoms with Gasteiger partial charge in [0.2, 0.25) is 0 Å². The fourth-order valence-corrected chi connectivity index (χ4v) is 7.30. The number of carbonyl (C=O) groups excluding carboxylic acids is 1. The van der Waals surface area contributed by atoms with Gasteiger partial charge in [-0.25, -0.2) is 15.2 Å². The maximum absolute atomic E-state index is 13.7. The minimum atomic E-state index is -0.722. The summed E-state index contributed by atoms with van der Waals surface area (Å²) in [6, 6.07) is 0.838. The van der Waals surface area contributed by atoms with Crippen LogP contribution >= 0.6 is 0 Å². The summed E-state index contributed by atoms with van der Waals surface area (Å²) in [6.45, 7) is 6.75. The molecule has 5 N–H and O–H groups in total. The third kappa shape index (κ3) is 6.25. The molecule has 2 saturated carbocycles. The molecule has 3 saturated heterocycles. The van der Waals surface area contributed by atoms with Crippen LogP contribution in [0.25, 0.3) is 0 Å². The molecule has 3 aliphatic heterocycles. The highest BCUT2D eigenvalue weighted by Crippen LogP contribution is 2.41. The fraction of sp³-hybridized carbons (Fsp3) is 0.962. The van der Waals surface area contributed by atoms with Crippen molar-refractivity contribution in [2.45, 2.75) is 108 Å². The SMILES string of the molecule is CCCN1C(CNC2CCCC(C(=O)C[C@H]3COC4CC(F)CCC43)C2)NNC1C1CCNCN1. The lowest BCUT2D eigenvalue weighted by Crippen LogP contribution is -2.59. The van der Waals surface area contributed by atoms with E-state index in [2.05, 4.69) is 38.6 Å². The Bertz CT molecular complexity index is 695. The molecule has 0 amide bonds. The summed E-state index contributed by atoms with van der Waals surface area (Å²) >= 11 is 0. The third-order valence-electron chi connectivity index (χ3n) is 9.24. The second kappa shape index (κ2) is 12.2. The lowest BCUT2D eigenvalue weighted by Gasteiger charge is -2.36. The van der Waals surface area contributed by atoms with E-state index < -0.39 is 6.17 Å². The first-order valence-corrected chi connectivity index (χ1v) is 14.3. The molecule has 5 rings (SSSR count). The van der Waals surface area contributed by atoms with Crippen LogP contribution in [0.4, 0.5) is 4.39 Å². The van der Waals surface area contributed by atoms with Gasteiger partial charge in [-0.15, -0.1) is 0 Å². The molecule has 0 aromatic heterocycles. The molecule has 0 radical (unpaired) electrons. The Hall–Kier alpha value is -0.680. The Balaban J connectivity index is 1.09. The van der Waals surface area contributed by atoms with Crippen molar-refractivity contribution in [3.63, 3.8) is 0 Å². The molecule has 8 unspecified atom stereocenters. The molecule has 0 aromatic carbocycles. The second-order valence-electron chi connectivity index (χ2n) is 11.6. The summed E-state index contributed by atoms with van der Waals surface area (Å²) in [6.07, 6.45) is 9.00. The largest absolute Gasteiger partial charge is 0.377 e. The van der Waals surface area contributed by atoms with Crippen molar-refractivity contribution in [2.24, 2.45) is 17.8 Å². The highest BCUT2D eigenvalue weighted by atomic mass is 19.1. The molecule has 9 heteroatoms. The number of nitrogens with zero attached hydrogens (tertiary/aromatic N) is 1. The van der Waals surface area contributed by atoms with E-state index >= 15 is 0 Å². The first-order valence-electron chi connectivity index (χ1n) is 14.3. The van der Waals surface area contributed by atoms with Crippen molar-refractivity contribution in [3.8, 4) is 0 Å². The van der Waals surface area contributed by atoms with E-state index in [9.17, 15) is 9.18 Å². The Labute approximate surface area is 210 Å². The van der Waals surface area contributed by atoms with Crippen molar-refractivity contribution in [3.05, 3.63) is 0 Å². The van der Waals surface area contributed by atoms with Gasteiger partial charge < -0.3 is 15.4 Å². The van der Waals surface area contributed by atoms with E-state index in [4.69, 9.17) is 4.74 Å². The monoisotopic (exact) mass is 494 g/mol. The van der Waals surface area contributed by atoms with Crippen LogP contribution in [0.3, 0.4) is 0 Å². The smallest absolute Gasteiger partial charge is 0.136 e. The number of rotatable bonds is 9. The number of hydrogen-bond acceptors (Lipinski definition) is 8. The highest BCUT2D eigenvalue weighted by Gasteiger charge is 2.43. The van der Waals surface area contributed by atoms with E-state index in [1.54, 1.807) is 0 Å². The number of ether oxygens (including phenoxy) is 1. The molecule has 5 aliphatic rings. The highest BCUT2D eigenvalue weighted by molar-refractivity contribution is 5.81. The summed E-state index contributed by atoms with van der Waals surface area (Å²) in [5.74, 6) is 1.26. The Kier molecular flexibility index (Phi) is 9.08. The van der Waals surface area contributed by atoms with Gasteiger partial charge in [-0.05, 0) is 63.3 Å². The maximum Gasteiger partial charge on any atom is 0.136 e. The van der Waals surface area contributed by atoms with Gasteiger partial charge in [0, 0.05) is 50.6 Å². The molecule has 0 spiro atoms. The van der Waals surface area contributed by atoms with E-state index in [0.717, 1.165) is 71.2 Å². The third-order valence-corrected chi connectivity index (χ3v) is 9.24. The Morgan fingerprint density at radius 2 is 2.06 bits per heavy atom. The van der Waals surface area contributed by atoms with Crippen LogP contribution in [0.15, 0.2) is 0 Å². The van der Waals surface area contributed by atoms with Crippen molar-refractivity contribution in [2.75, 3.05) is 32.9 Å². The number of nitrogens with one attached hydrogen (secondary N) is 5. The van der Waals surface area contributed by atoms with Gasteiger partial charge in [0.05, 0.1) is 25.0 Å². The molecule has 5 fully saturated rings. The summed E-state index contributed by atoms with van der Waals surface area (Å²) < 4.78 is 19.6. The molecular weight excluding hydrogens is 447 g/mol. The van der Waals surface area contributed by atoms with Gasteiger partial charge in [0.25, 0.3) is 0 Å². The molecule has 9 atom stereocenters. The second-order valence-corrected chi connectivity index (χ2v) is 11.6. The molecule has 200 valence electrons. The number of Topliss-reactive ketones (excluding diaryl/α,β-unsaturated/α-hetero) is 1. The van der Waals surface area contributed by atoms with Crippen LogP contribution in [0.1, 0.15) is 71.1 Å². The van der Waals surface area contributed by atoms with E-state index in [0.29, 0.717) is 61.7 Å². The average molecular weight is 495 g/mol. The van der Waals surface area contributed by atoms with Crippen molar-refractivity contribution in [1.82, 2.24) is 31.7 Å². The Morgan fingerprint density at radius 3 is 2.89 bits per heavy atom. The van der Waals surface area contributed by atoms with E-state index in [1.807, 2.05) is 0 Å². The van der Waals surface area contributed by atoms with Gasteiger partial charge in [0.1, 0.15) is 12.0 Å². The number of carbonyl (C=O) groups is 1. The first kappa shape index (κ1) is 25.9. The van der Waals surface area contributed by atoms with Crippen molar-refractivity contribution >= 4 is 5.78 Å². The molecular formula is C26H47FN6O2. The van der Waals surface area contributed by atoms with Crippen LogP contribution in [0.5, 0.6) is 0 Å². The fourth-order valence-electron chi connectivity index (χ4n) is 7.30. The molecule has 35 heavy (non-hydrogen) atoms. The summed E-state index contributed by atoms with van der Waals surface area (Å²) in [4.78, 5) is 15.8. The first-order chi connectivity index (χ1) is 17.1. The summed E-state index contributed by atoms with van der Waals surface area (Å²) in [7, 11) is 0. The summed E-state index contributed by atoms with van der Waals surface area (Å²) in [5, 5.41) is 10.8. The zero-order valence-corrected chi connectivity index (χ0v) is 21.4. The summed E-state index contributed by atoms with van der Waals surface area (Å²) in [5.41, 5.74) is 7.08. The number of ketones is 1. The molecule has 3 heterocycles. The number of halogens is 1. The quantitative estimate of drug-likeness (QED) is 0.331. The minimum absolute atomic E-state index is 0.0415. The molecule has 0 aromatic rings. The van der Waals surface area contributed by atoms with Gasteiger partial charge >= 0.3 is 0 Å². The van der Waals surface area contributed by atoms with Gasteiger partial charge in [-0.3, -0.25) is 15.0 Å². The zero-order chi connectivity index (χ0) is 24.2. The Morgan fingerprint density at radius 1 is 1.14 bits per heavy atom. The van der Waals surface area contributed by atoms with Crippen LogP contribution in [-0.4, -0.2) is 80.3 Å². The van der Waals surface area contributed by atoms with Crippen molar-refractivity contribution < 1.29 is 13.9 Å². The lowest BCUT2D eigenvalue weighted by atomic mass is 9.75.